The van der Waals surface area contributed by atoms with Crippen LogP contribution in [0.1, 0.15) is 17.4 Å². The van der Waals surface area contributed by atoms with Gasteiger partial charge in [0.05, 0.1) is 6.61 Å². The van der Waals surface area contributed by atoms with Gasteiger partial charge in [-0.2, -0.15) is 0 Å². The van der Waals surface area contributed by atoms with Crippen molar-refractivity contribution >= 4 is 0 Å². The minimum Gasteiger partial charge on any atom is -0.355 e. The van der Waals surface area contributed by atoms with Crippen LogP contribution >= 0.6 is 0 Å². The molecule has 0 saturated heterocycles. The van der Waals surface area contributed by atoms with Crippen LogP contribution in [0.4, 0.5) is 0 Å². The second kappa shape index (κ2) is 2.08. The molecule has 10 heavy (non-hydrogen) atoms. The molecule has 2 heteroatoms. The highest BCUT2D eigenvalue weighted by Gasteiger charge is 2.17. The Morgan fingerprint density at radius 3 is 3.00 bits per heavy atom. The molecule has 0 amide bonds. The van der Waals surface area contributed by atoms with Gasteiger partial charge in [-0.25, -0.2) is 0 Å². The highest BCUT2D eigenvalue weighted by molar-refractivity contribution is 5.30. The predicted octanol–water partition coefficient (Wildman–Crippen LogP) is 1.17. The quantitative estimate of drug-likeness (QED) is 0.579. The second-order valence-corrected chi connectivity index (χ2v) is 2.43. The zero-order chi connectivity index (χ0) is 6.97. The number of ether oxygens (including phenoxy) is 1. The largest absolute Gasteiger partial charge is 0.355 e. The summed E-state index contributed by atoms with van der Waals surface area (Å²) in [5.74, 6) is 0. The molecule has 0 radical (unpaired) electrons. The first-order valence-corrected chi connectivity index (χ1v) is 3.33. The summed E-state index contributed by atoms with van der Waals surface area (Å²) in [6.45, 7) is 0.664. The molecular weight excluding hydrogens is 126 g/mol. The van der Waals surface area contributed by atoms with Crippen LogP contribution in [0.15, 0.2) is 24.3 Å². The maximum Gasteiger partial charge on any atom is 0.132 e. The zero-order valence-corrected chi connectivity index (χ0v) is 5.58. The molecule has 1 aromatic carbocycles. The van der Waals surface area contributed by atoms with Gasteiger partial charge < -0.3 is 10.5 Å². The zero-order valence-electron chi connectivity index (χ0n) is 5.58. The van der Waals surface area contributed by atoms with Crippen molar-refractivity contribution in [2.75, 3.05) is 0 Å². The number of nitrogens with two attached hydrogens (primary N) is 1. The molecular formula is C8H9NO. The Morgan fingerprint density at radius 1 is 1.40 bits per heavy atom. The fraction of sp³-hybridized carbons (Fsp3) is 0.250. The summed E-state index contributed by atoms with van der Waals surface area (Å²) in [5, 5.41) is 0. The topological polar surface area (TPSA) is 35.2 Å². The van der Waals surface area contributed by atoms with Crippen LogP contribution in [0.2, 0.25) is 0 Å². The molecule has 0 saturated carbocycles. The molecule has 52 valence electrons. The first kappa shape index (κ1) is 5.89. The standard InChI is InChI=1S/C8H9NO/c9-8-7-4-2-1-3-6(7)5-10-8/h1-4,8H,5,9H2. The van der Waals surface area contributed by atoms with E-state index in [4.69, 9.17) is 10.5 Å². The molecule has 0 fully saturated rings. The molecule has 2 nitrogen and oxygen atoms in total. The highest BCUT2D eigenvalue weighted by Crippen LogP contribution is 2.25. The molecule has 0 aromatic heterocycles. The van der Waals surface area contributed by atoms with E-state index in [2.05, 4.69) is 0 Å². The summed E-state index contributed by atoms with van der Waals surface area (Å²) in [4.78, 5) is 0. The van der Waals surface area contributed by atoms with Crippen molar-refractivity contribution in [2.45, 2.75) is 12.8 Å². The van der Waals surface area contributed by atoms with Gasteiger partial charge in [0.1, 0.15) is 6.23 Å². The monoisotopic (exact) mass is 135 g/mol. The third-order valence-electron chi connectivity index (χ3n) is 1.78. The summed E-state index contributed by atoms with van der Waals surface area (Å²) in [5.41, 5.74) is 7.97. The lowest BCUT2D eigenvalue weighted by Crippen LogP contribution is -2.06. The Kier molecular flexibility index (Phi) is 1.22. The summed E-state index contributed by atoms with van der Waals surface area (Å²) in [6, 6.07) is 8.03. The fourth-order valence-electron chi connectivity index (χ4n) is 1.21. The average molecular weight is 135 g/mol. The van der Waals surface area contributed by atoms with E-state index >= 15 is 0 Å². The van der Waals surface area contributed by atoms with Crippen molar-refractivity contribution in [1.29, 1.82) is 0 Å². The minimum atomic E-state index is -0.198. The summed E-state index contributed by atoms with van der Waals surface area (Å²) in [7, 11) is 0. The molecule has 0 aliphatic carbocycles. The van der Waals surface area contributed by atoms with E-state index in [0.29, 0.717) is 6.61 Å². The normalized spacial score (nSPS) is 22.7. The lowest BCUT2D eigenvalue weighted by molar-refractivity contribution is 0.0710. The van der Waals surface area contributed by atoms with Crippen molar-refractivity contribution < 1.29 is 4.74 Å². The van der Waals surface area contributed by atoms with Crippen molar-refractivity contribution in [1.82, 2.24) is 0 Å². The smallest absolute Gasteiger partial charge is 0.132 e. The Balaban J connectivity index is 2.51. The van der Waals surface area contributed by atoms with Gasteiger partial charge in [0, 0.05) is 5.56 Å². The average Bonchev–Trinajstić information content (AvgIpc) is 2.34. The summed E-state index contributed by atoms with van der Waals surface area (Å²) in [6.07, 6.45) is -0.198. The number of rotatable bonds is 0. The van der Waals surface area contributed by atoms with E-state index < -0.39 is 0 Å². The van der Waals surface area contributed by atoms with Gasteiger partial charge >= 0.3 is 0 Å². The van der Waals surface area contributed by atoms with Crippen LogP contribution < -0.4 is 5.73 Å². The molecule has 0 bridgehead atoms. The number of hydrogen-bond acceptors (Lipinski definition) is 2. The molecule has 2 rings (SSSR count). The Morgan fingerprint density at radius 2 is 2.20 bits per heavy atom. The van der Waals surface area contributed by atoms with Crippen LogP contribution in [-0.2, 0) is 11.3 Å². The van der Waals surface area contributed by atoms with Crippen LogP contribution in [0, 0.1) is 0 Å². The van der Waals surface area contributed by atoms with Gasteiger partial charge in [-0.1, -0.05) is 24.3 Å². The van der Waals surface area contributed by atoms with Crippen LogP contribution in [-0.4, -0.2) is 0 Å². The molecule has 1 unspecified atom stereocenters. The number of hydrogen-bond donors (Lipinski definition) is 1. The van der Waals surface area contributed by atoms with Gasteiger partial charge in [0.15, 0.2) is 0 Å². The molecule has 1 heterocycles. The van der Waals surface area contributed by atoms with Crippen molar-refractivity contribution in [3.63, 3.8) is 0 Å². The first-order valence-electron chi connectivity index (χ1n) is 3.33. The molecule has 1 aromatic rings. The molecule has 2 N–H and O–H groups in total. The summed E-state index contributed by atoms with van der Waals surface area (Å²) >= 11 is 0. The summed E-state index contributed by atoms with van der Waals surface area (Å²) < 4.78 is 5.20. The lowest BCUT2D eigenvalue weighted by atomic mass is 10.1. The highest BCUT2D eigenvalue weighted by atomic mass is 16.5. The second-order valence-electron chi connectivity index (χ2n) is 2.43. The van der Waals surface area contributed by atoms with E-state index in [1.807, 2.05) is 24.3 Å². The fourth-order valence-corrected chi connectivity index (χ4v) is 1.21. The molecule has 1 aliphatic rings. The Bertz CT molecular complexity index is 247. The third kappa shape index (κ3) is 0.735. The van der Waals surface area contributed by atoms with Gasteiger partial charge in [-0.15, -0.1) is 0 Å². The van der Waals surface area contributed by atoms with Crippen molar-refractivity contribution in [3.05, 3.63) is 35.4 Å². The van der Waals surface area contributed by atoms with Crippen molar-refractivity contribution in [2.24, 2.45) is 5.73 Å². The predicted molar refractivity (Wildman–Crippen MR) is 38.2 cm³/mol. The molecule has 1 atom stereocenters. The van der Waals surface area contributed by atoms with E-state index in [9.17, 15) is 0 Å². The SMILES string of the molecule is NC1OCc2ccccc21. The van der Waals surface area contributed by atoms with E-state index in [1.165, 1.54) is 5.56 Å². The number of benzene rings is 1. The first-order chi connectivity index (χ1) is 4.88. The minimum absolute atomic E-state index is 0.198. The van der Waals surface area contributed by atoms with Gasteiger partial charge in [0.25, 0.3) is 0 Å². The Hall–Kier alpha value is -0.860. The van der Waals surface area contributed by atoms with Gasteiger partial charge in [0.2, 0.25) is 0 Å². The van der Waals surface area contributed by atoms with E-state index in [-0.39, 0.29) is 6.23 Å². The maximum absolute atomic E-state index is 5.62. The van der Waals surface area contributed by atoms with Gasteiger partial charge in [-0.3, -0.25) is 0 Å². The third-order valence-corrected chi connectivity index (χ3v) is 1.78. The van der Waals surface area contributed by atoms with Crippen LogP contribution in [0.5, 0.6) is 0 Å². The van der Waals surface area contributed by atoms with Crippen molar-refractivity contribution in [3.8, 4) is 0 Å². The Labute approximate surface area is 59.6 Å². The lowest BCUT2D eigenvalue weighted by Gasteiger charge is -2.00. The van der Waals surface area contributed by atoms with Crippen LogP contribution in [0.3, 0.4) is 0 Å². The molecule has 0 spiro atoms. The van der Waals surface area contributed by atoms with Gasteiger partial charge in [-0.05, 0) is 5.56 Å². The molecule has 1 aliphatic heterocycles. The maximum atomic E-state index is 5.62. The van der Waals surface area contributed by atoms with E-state index in [0.717, 1.165) is 5.56 Å². The van der Waals surface area contributed by atoms with Crippen LogP contribution in [0.25, 0.3) is 0 Å². The van der Waals surface area contributed by atoms with E-state index in [1.54, 1.807) is 0 Å². The number of fused-ring (bicyclic) bond motifs is 1.